The molecule has 0 unspecified atom stereocenters. The lowest BCUT2D eigenvalue weighted by Crippen LogP contribution is -2.34. The lowest BCUT2D eigenvalue weighted by atomic mass is 10.00. The van der Waals surface area contributed by atoms with Crippen LogP contribution in [0.5, 0.6) is 0 Å². The average Bonchev–Trinajstić information content (AvgIpc) is 3.05. The van der Waals surface area contributed by atoms with Crippen molar-refractivity contribution >= 4 is 17.3 Å². The highest BCUT2D eigenvalue weighted by molar-refractivity contribution is 6.33. The highest BCUT2D eigenvalue weighted by Gasteiger charge is 2.35. The second kappa shape index (κ2) is 7.35. The topological polar surface area (TPSA) is 86.8 Å². The Labute approximate surface area is 173 Å². The molecule has 2 aromatic heterocycles. The minimum absolute atomic E-state index is 0.0308. The van der Waals surface area contributed by atoms with Gasteiger partial charge in [-0.2, -0.15) is 18.3 Å². The van der Waals surface area contributed by atoms with Crippen LogP contribution in [0.2, 0.25) is 5.02 Å². The van der Waals surface area contributed by atoms with Crippen molar-refractivity contribution in [3.05, 3.63) is 78.6 Å². The first-order valence-corrected chi connectivity index (χ1v) is 9.52. The van der Waals surface area contributed by atoms with Crippen LogP contribution < -0.4 is 16.0 Å². The summed E-state index contributed by atoms with van der Waals surface area (Å²) in [6, 6.07) is 4.59. The van der Waals surface area contributed by atoms with Crippen molar-refractivity contribution in [3.63, 3.8) is 0 Å². The molecule has 1 aromatic carbocycles. The number of alkyl halides is 3. The van der Waals surface area contributed by atoms with Crippen molar-refractivity contribution in [2.75, 3.05) is 11.4 Å². The molecule has 4 rings (SSSR count). The van der Waals surface area contributed by atoms with E-state index in [0.29, 0.717) is 29.9 Å². The Morgan fingerprint density at radius 3 is 2.67 bits per heavy atom. The smallest absolute Gasteiger partial charge is 0.364 e. The number of anilines is 1. The van der Waals surface area contributed by atoms with E-state index in [-0.39, 0.29) is 22.7 Å². The summed E-state index contributed by atoms with van der Waals surface area (Å²) in [5.41, 5.74) is -0.135. The second-order valence-corrected chi connectivity index (χ2v) is 7.45. The van der Waals surface area contributed by atoms with E-state index >= 15 is 0 Å². The first-order valence-electron chi connectivity index (χ1n) is 9.15. The van der Waals surface area contributed by atoms with Crippen LogP contribution in [0.4, 0.5) is 18.9 Å². The molecular weight excluding hydrogens is 423 g/mol. The summed E-state index contributed by atoms with van der Waals surface area (Å²) < 4.78 is 41.8. The summed E-state index contributed by atoms with van der Waals surface area (Å²) in [5.74, 6) is 0. The fourth-order valence-electron chi connectivity index (χ4n) is 3.86. The van der Waals surface area contributed by atoms with Crippen molar-refractivity contribution in [1.29, 1.82) is 0 Å². The predicted molar refractivity (Wildman–Crippen MR) is 105 cm³/mol. The summed E-state index contributed by atoms with van der Waals surface area (Å²) in [4.78, 5) is 26.1. The molecule has 0 amide bonds. The Morgan fingerprint density at radius 1 is 1.20 bits per heavy atom. The number of hydrogen-bond acceptors (Lipinski definition) is 4. The Bertz CT molecular complexity index is 1210. The number of fused-ring (bicyclic) bond motifs is 1. The molecule has 11 heteroatoms. The maximum absolute atomic E-state index is 13.4. The van der Waals surface area contributed by atoms with E-state index in [0.717, 1.165) is 6.07 Å². The van der Waals surface area contributed by atoms with E-state index in [9.17, 15) is 22.8 Å². The van der Waals surface area contributed by atoms with E-state index in [1.54, 1.807) is 17.9 Å². The third kappa shape index (κ3) is 3.41. The third-order valence-corrected chi connectivity index (χ3v) is 5.69. The highest BCUT2D eigenvalue weighted by Crippen LogP contribution is 2.36. The molecule has 0 radical (unpaired) electrons. The van der Waals surface area contributed by atoms with Gasteiger partial charge >= 0.3 is 6.18 Å². The maximum atomic E-state index is 13.4. The molecule has 0 saturated carbocycles. The number of halogens is 4. The highest BCUT2D eigenvalue weighted by atomic mass is 35.5. The van der Waals surface area contributed by atoms with Crippen LogP contribution >= 0.6 is 11.6 Å². The molecule has 3 aromatic rings. The van der Waals surface area contributed by atoms with Crippen LogP contribution in [0, 0.1) is 0 Å². The zero-order valence-corrected chi connectivity index (χ0v) is 16.5. The molecule has 1 aliphatic heterocycles. The molecule has 1 aliphatic rings. The van der Waals surface area contributed by atoms with Gasteiger partial charge in [-0.3, -0.25) is 19.4 Å². The molecule has 3 heterocycles. The van der Waals surface area contributed by atoms with Gasteiger partial charge in [0.05, 0.1) is 35.6 Å². The van der Waals surface area contributed by atoms with Gasteiger partial charge in [0.25, 0.3) is 11.1 Å². The van der Waals surface area contributed by atoms with Gasteiger partial charge in [0.1, 0.15) is 5.02 Å². The maximum Gasteiger partial charge on any atom is 0.416 e. The number of nitrogens with one attached hydrogen (secondary N) is 2. The molecule has 0 bridgehead atoms. The SMILES string of the molecule is C[C@@H](c1ccccc1C(F)(F)F)n1[nH]c(=O)c2c1CCN(c1cn[nH]c(=O)c1Cl)C2. The van der Waals surface area contributed by atoms with E-state index in [4.69, 9.17) is 11.6 Å². The fourth-order valence-corrected chi connectivity index (χ4v) is 4.07. The third-order valence-electron chi connectivity index (χ3n) is 5.32. The standard InChI is InChI=1S/C19H17ClF3N5O2/c1-10(11-4-2-3-5-13(11)19(21,22)23)28-14-6-7-27(9-12(14)17(29)26-28)15-8-24-25-18(30)16(15)20/h2-5,8,10H,6-7,9H2,1H3,(H,25,30)(H,26,29)/t10-/m0/s1. The Kier molecular flexibility index (Phi) is 4.97. The van der Waals surface area contributed by atoms with Crippen LogP contribution in [-0.2, 0) is 19.1 Å². The fraction of sp³-hybridized carbons (Fsp3) is 0.316. The Hall–Kier alpha value is -3.01. The van der Waals surface area contributed by atoms with Crippen molar-refractivity contribution in [2.24, 2.45) is 0 Å². The lowest BCUT2D eigenvalue weighted by molar-refractivity contribution is -0.138. The monoisotopic (exact) mass is 439 g/mol. The number of H-pyrrole nitrogens is 2. The van der Waals surface area contributed by atoms with Gasteiger partial charge in [-0.15, -0.1) is 0 Å². The van der Waals surface area contributed by atoms with Crippen LogP contribution in [-0.4, -0.2) is 26.5 Å². The largest absolute Gasteiger partial charge is 0.416 e. The molecular formula is C19H17ClF3N5O2. The number of rotatable bonds is 3. The minimum Gasteiger partial charge on any atom is -0.364 e. The molecule has 0 fully saturated rings. The molecule has 30 heavy (non-hydrogen) atoms. The summed E-state index contributed by atoms with van der Waals surface area (Å²) in [6.07, 6.45) is -2.71. The van der Waals surface area contributed by atoms with Crippen molar-refractivity contribution in [3.8, 4) is 0 Å². The predicted octanol–water partition coefficient (Wildman–Crippen LogP) is 3.10. The van der Waals surface area contributed by atoms with Crippen LogP contribution in [0.15, 0.2) is 40.1 Å². The average molecular weight is 440 g/mol. The van der Waals surface area contributed by atoms with Crippen LogP contribution in [0.3, 0.4) is 0 Å². The molecule has 158 valence electrons. The summed E-state index contributed by atoms with van der Waals surface area (Å²) in [5, 5.41) is 8.63. The van der Waals surface area contributed by atoms with Gasteiger partial charge < -0.3 is 4.90 Å². The van der Waals surface area contributed by atoms with Crippen molar-refractivity contribution in [2.45, 2.75) is 32.1 Å². The van der Waals surface area contributed by atoms with Gasteiger partial charge in [-0.05, 0) is 18.6 Å². The van der Waals surface area contributed by atoms with Gasteiger partial charge in [0.2, 0.25) is 0 Å². The van der Waals surface area contributed by atoms with Gasteiger partial charge in [0, 0.05) is 18.7 Å². The second-order valence-electron chi connectivity index (χ2n) is 7.07. The Balaban J connectivity index is 1.72. The zero-order chi connectivity index (χ0) is 21.6. The molecule has 0 aliphatic carbocycles. The van der Waals surface area contributed by atoms with Gasteiger partial charge in [-0.25, -0.2) is 5.10 Å². The van der Waals surface area contributed by atoms with E-state index in [1.165, 1.54) is 23.0 Å². The molecule has 1 atom stereocenters. The number of benzene rings is 1. The number of hydrogen-bond donors (Lipinski definition) is 2. The van der Waals surface area contributed by atoms with Crippen LogP contribution in [0.1, 0.15) is 35.3 Å². The molecule has 0 spiro atoms. The quantitative estimate of drug-likeness (QED) is 0.656. The minimum atomic E-state index is -4.50. The first kappa shape index (κ1) is 20.3. The number of aromatic nitrogens is 4. The van der Waals surface area contributed by atoms with Crippen molar-refractivity contribution in [1.82, 2.24) is 20.0 Å². The molecule has 0 saturated heterocycles. The van der Waals surface area contributed by atoms with Crippen LogP contribution in [0.25, 0.3) is 0 Å². The summed E-state index contributed by atoms with van der Waals surface area (Å²) in [7, 11) is 0. The lowest BCUT2D eigenvalue weighted by Gasteiger charge is -2.30. The van der Waals surface area contributed by atoms with E-state index < -0.39 is 23.3 Å². The molecule has 7 nitrogen and oxygen atoms in total. The van der Waals surface area contributed by atoms with Crippen molar-refractivity contribution < 1.29 is 13.2 Å². The summed E-state index contributed by atoms with van der Waals surface area (Å²) >= 11 is 6.07. The number of aromatic amines is 2. The summed E-state index contributed by atoms with van der Waals surface area (Å²) in [6.45, 7) is 2.20. The number of nitrogens with zero attached hydrogens (tertiary/aromatic N) is 3. The molecule has 2 N–H and O–H groups in total. The van der Waals surface area contributed by atoms with E-state index in [1.807, 2.05) is 0 Å². The normalized spacial score (nSPS) is 15.2. The Morgan fingerprint density at radius 2 is 1.93 bits per heavy atom. The van der Waals surface area contributed by atoms with E-state index in [2.05, 4.69) is 15.3 Å². The van der Waals surface area contributed by atoms with Gasteiger partial charge in [-0.1, -0.05) is 29.8 Å². The van der Waals surface area contributed by atoms with Gasteiger partial charge in [0.15, 0.2) is 0 Å². The zero-order valence-electron chi connectivity index (χ0n) is 15.8. The first-order chi connectivity index (χ1) is 14.2.